The number of nitrogens with zero attached hydrogens (tertiary/aromatic N) is 4. The van der Waals surface area contributed by atoms with Gasteiger partial charge in [-0.25, -0.2) is 9.50 Å². The van der Waals surface area contributed by atoms with E-state index in [9.17, 15) is 4.79 Å². The van der Waals surface area contributed by atoms with Crippen LogP contribution in [0.25, 0.3) is 5.65 Å². The number of carbonyl (C=O) groups excluding carboxylic acids is 1. The number of hydrogen-bond donors (Lipinski definition) is 0. The minimum atomic E-state index is 0.176. The number of aromatic nitrogens is 3. The first-order valence-corrected chi connectivity index (χ1v) is 6.78. The Morgan fingerprint density at radius 2 is 2.26 bits per heavy atom. The van der Waals surface area contributed by atoms with Crippen molar-refractivity contribution in [3.8, 4) is 0 Å². The van der Waals surface area contributed by atoms with Crippen molar-refractivity contribution < 1.29 is 4.79 Å². The third-order valence-corrected chi connectivity index (χ3v) is 4.39. The monoisotopic (exact) mass is 256 g/mol. The Morgan fingerprint density at radius 1 is 1.42 bits per heavy atom. The summed E-state index contributed by atoms with van der Waals surface area (Å²) in [4.78, 5) is 18.3. The summed E-state index contributed by atoms with van der Waals surface area (Å²) in [6, 6.07) is 2.54. The SMILES string of the molecule is CC(=O)N1[C@@H]2CC[C@H]1c1cnc3cc(C)nn3c1C2. The lowest BCUT2D eigenvalue weighted by molar-refractivity contribution is -0.132. The molecule has 1 fully saturated rings. The predicted molar refractivity (Wildman–Crippen MR) is 69.7 cm³/mol. The van der Waals surface area contributed by atoms with Crippen molar-refractivity contribution in [2.75, 3.05) is 0 Å². The molecule has 98 valence electrons. The van der Waals surface area contributed by atoms with Gasteiger partial charge >= 0.3 is 0 Å². The summed E-state index contributed by atoms with van der Waals surface area (Å²) in [6.07, 6.45) is 4.96. The van der Waals surface area contributed by atoms with Gasteiger partial charge in [-0.15, -0.1) is 0 Å². The Bertz CT molecular complexity index is 690. The molecule has 4 rings (SSSR count). The molecule has 2 aromatic rings. The van der Waals surface area contributed by atoms with E-state index >= 15 is 0 Å². The summed E-state index contributed by atoms with van der Waals surface area (Å²) in [5.41, 5.74) is 4.32. The highest BCUT2D eigenvalue weighted by Gasteiger charge is 2.42. The van der Waals surface area contributed by atoms with Gasteiger partial charge in [0, 0.05) is 37.2 Å². The molecule has 5 heteroatoms. The van der Waals surface area contributed by atoms with Crippen molar-refractivity contribution in [1.29, 1.82) is 0 Å². The van der Waals surface area contributed by atoms with Crippen molar-refractivity contribution in [2.45, 2.75) is 45.2 Å². The third kappa shape index (κ3) is 1.38. The Morgan fingerprint density at radius 3 is 3.05 bits per heavy atom. The molecule has 2 bridgehead atoms. The number of fused-ring (bicyclic) bond motifs is 6. The highest BCUT2D eigenvalue weighted by molar-refractivity contribution is 5.75. The van der Waals surface area contributed by atoms with Gasteiger partial charge in [-0.1, -0.05) is 0 Å². The molecule has 2 atom stereocenters. The molecule has 1 saturated heterocycles. The van der Waals surface area contributed by atoms with Crippen LogP contribution in [-0.2, 0) is 11.2 Å². The van der Waals surface area contributed by atoms with Gasteiger partial charge in [-0.3, -0.25) is 4.79 Å². The summed E-state index contributed by atoms with van der Waals surface area (Å²) < 4.78 is 1.97. The maximum Gasteiger partial charge on any atom is 0.220 e. The second-order valence-corrected chi connectivity index (χ2v) is 5.59. The van der Waals surface area contributed by atoms with Crippen LogP contribution >= 0.6 is 0 Å². The molecule has 1 amide bonds. The lowest BCUT2D eigenvalue weighted by Gasteiger charge is -2.35. The van der Waals surface area contributed by atoms with Gasteiger partial charge in [-0.05, 0) is 19.8 Å². The van der Waals surface area contributed by atoms with Gasteiger partial charge in [0.2, 0.25) is 5.91 Å². The Kier molecular flexibility index (Phi) is 2.05. The van der Waals surface area contributed by atoms with Crippen LogP contribution in [0.3, 0.4) is 0 Å². The lowest BCUT2D eigenvalue weighted by Crippen LogP contribution is -2.41. The van der Waals surface area contributed by atoms with Crippen molar-refractivity contribution in [3.05, 3.63) is 29.2 Å². The van der Waals surface area contributed by atoms with Crippen LogP contribution in [-0.4, -0.2) is 31.4 Å². The number of rotatable bonds is 0. The molecule has 19 heavy (non-hydrogen) atoms. The molecule has 5 nitrogen and oxygen atoms in total. The van der Waals surface area contributed by atoms with E-state index in [0.717, 1.165) is 30.6 Å². The maximum atomic E-state index is 11.8. The van der Waals surface area contributed by atoms with Crippen LogP contribution < -0.4 is 0 Å². The summed E-state index contributed by atoms with van der Waals surface area (Å²) in [5.74, 6) is 0.176. The summed E-state index contributed by atoms with van der Waals surface area (Å²) in [5, 5.41) is 4.54. The lowest BCUT2D eigenvalue weighted by atomic mass is 9.99. The molecule has 2 aromatic heterocycles. The van der Waals surface area contributed by atoms with Gasteiger partial charge in [0.1, 0.15) is 0 Å². The molecule has 2 aliphatic rings. The number of aryl methyl sites for hydroxylation is 1. The predicted octanol–water partition coefficient (Wildman–Crippen LogP) is 1.65. The largest absolute Gasteiger partial charge is 0.332 e. The van der Waals surface area contributed by atoms with Crippen LogP contribution in [0.2, 0.25) is 0 Å². The number of hydrogen-bond acceptors (Lipinski definition) is 3. The van der Waals surface area contributed by atoms with Gasteiger partial charge in [0.25, 0.3) is 0 Å². The zero-order valence-corrected chi connectivity index (χ0v) is 11.1. The van der Waals surface area contributed by atoms with Gasteiger partial charge in [0.05, 0.1) is 17.4 Å². The van der Waals surface area contributed by atoms with E-state index in [2.05, 4.69) is 10.1 Å². The fourth-order valence-corrected chi connectivity index (χ4v) is 3.68. The van der Waals surface area contributed by atoms with Crippen molar-refractivity contribution in [2.24, 2.45) is 0 Å². The topological polar surface area (TPSA) is 50.5 Å². The normalized spacial score (nSPS) is 24.8. The molecule has 0 aliphatic carbocycles. The van der Waals surface area contributed by atoms with Crippen molar-refractivity contribution in [1.82, 2.24) is 19.5 Å². The van der Waals surface area contributed by atoms with Crippen LogP contribution in [0.5, 0.6) is 0 Å². The summed E-state index contributed by atoms with van der Waals surface area (Å²) in [6.45, 7) is 3.65. The average molecular weight is 256 g/mol. The van der Waals surface area contributed by atoms with E-state index in [4.69, 9.17) is 0 Å². The molecule has 0 radical (unpaired) electrons. The van der Waals surface area contributed by atoms with Crippen molar-refractivity contribution in [3.63, 3.8) is 0 Å². The summed E-state index contributed by atoms with van der Waals surface area (Å²) >= 11 is 0. The van der Waals surface area contributed by atoms with Crippen LogP contribution in [0, 0.1) is 6.92 Å². The molecule has 2 aliphatic heterocycles. The first kappa shape index (κ1) is 11.0. The second kappa shape index (κ2) is 3.56. The Balaban J connectivity index is 1.94. The third-order valence-electron chi connectivity index (χ3n) is 4.39. The van der Waals surface area contributed by atoms with Crippen LogP contribution in [0.4, 0.5) is 0 Å². The van der Waals surface area contributed by atoms with Crippen molar-refractivity contribution >= 4 is 11.6 Å². The molecule has 4 heterocycles. The van der Waals surface area contributed by atoms with Crippen LogP contribution in [0.15, 0.2) is 12.3 Å². The van der Waals surface area contributed by atoms with E-state index in [0.29, 0.717) is 6.04 Å². The number of amides is 1. The molecule has 0 N–H and O–H groups in total. The second-order valence-electron chi connectivity index (χ2n) is 5.59. The van der Waals surface area contributed by atoms with Gasteiger partial charge in [-0.2, -0.15) is 5.10 Å². The summed E-state index contributed by atoms with van der Waals surface area (Å²) in [7, 11) is 0. The Labute approximate surface area is 111 Å². The molecule has 0 unspecified atom stereocenters. The minimum Gasteiger partial charge on any atom is -0.332 e. The first-order chi connectivity index (χ1) is 9.15. The standard InChI is InChI=1S/C14H16N4O/c1-8-5-14-15-7-11-12-4-3-10(17(12)9(2)19)6-13(11)18(14)16-8/h5,7,10,12H,3-4,6H2,1-2H3/t10-,12+/m1/s1. The fourth-order valence-electron chi connectivity index (χ4n) is 3.68. The zero-order valence-electron chi connectivity index (χ0n) is 11.1. The van der Waals surface area contributed by atoms with E-state index in [1.54, 1.807) is 6.92 Å². The van der Waals surface area contributed by atoms with E-state index in [1.165, 1.54) is 11.3 Å². The smallest absolute Gasteiger partial charge is 0.220 e. The van der Waals surface area contributed by atoms with Crippen LogP contribution in [0.1, 0.15) is 42.8 Å². The fraction of sp³-hybridized carbons (Fsp3) is 0.500. The number of carbonyl (C=O) groups is 1. The highest BCUT2D eigenvalue weighted by atomic mass is 16.2. The molecule has 0 aromatic carbocycles. The minimum absolute atomic E-state index is 0.176. The first-order valence-electron chi connectivity index (χ1n) is 6.78. The zero-order chi connectivity index (χ0) is 13.1. The quantitative estimate of drug-likeness (QED) is 0.720. The average Bonchev–Trinajstić information content (AvgIpc) is 2.89. The Hall–Kier alpha value is -1.91. The molecule has 0 saturated carbocycles. The molecular weight excluding hydrogens is 240 g/mol. The van der Waals surface area contributed by atoms with E-state index < -0.39 is 0 Å². The van der Waals surface area contributed by atoms with Gasteiger partial charge < -0.3 is 4.90 Å². The highest BCUT2D eigenvalue weighted by Crippen LogP contribution is 2.43. The molecule has 0 spiro atoms. The van der Waals surface area contributed by atoms with Gasteiger partial charge in [0.15, 0.2) is 5.65 Å². The van der Waals surface area contributed by atoms with E-state index in [1.807, 2.05) is 28.6 Å². The molecular formula is C14H16N4O. The maximum absolute atomic E-state index is 11.8. The van der Waals surface area contributed by atoms with E-state index in [-0.39, 0.29) is 11.9 Å².